The number of amides is 1. The second kappa shape index (κ2) is 9.16. The topological polar surface area (TPSA) is 106 Å². The number of aryl methyl sites for hydroxylation is 1. The smallest absolute Gasteiger partial charge is 0.271 e. The molecule has 0 aliphatic rings. The molecule has 2 aromatic carbocycles. The SMILES string of the molecule is Cc1nc2nc(C(=O)NCCc3cccc(O)c3)cn2c(-c2ccc(Cl)cc2Cl)c1CN. The second-order valence-electron chi connectivity index (χ2n) is 7.32. The zero-order valence-electron chi connectivity index (χ0n) is 17.3. The van der Waals surface area contributed by atoms with E-state index in [0.717, 1.165) is 22.4 Å². The van der Waals surface area contributed by atoms with Crippen LogP contribution in [0.15, 0.2) is 48.7 Å². The van der Waals surface area contributed by atoms with E-state index in [1.54, 1.807) is 40.9 Å². The molecule has 4 N–H and O–H groups in total. The standard InChI is InChI=1S/C23H21Cl2N5O2/c1-13-18(11-26)21(17-6-5-15(24)10-19(17)25)30-12-20(29-23(30)28-13)22(32)27-8-7-14-3-2-4-16(31)9-14/h2-6,9-10,12,31H,7-8,11,26H2,1H3,(H,27,32). The van der Waals surface area contributed by atoms with Crippen LogP contribution in [0.3, 0.4) is 0 Å². The zero-order chi connectivity index (χ0) is 22.8. The maximum Gasteiger partial charge on any atom is 0.271 e. The third-order valence-electron chi connectivity index (χ3n) is 5.15. The van der Waals surface area contributed by atoms with Crippen molar-refractivity contribution in [2.45, 2.75) is 19.9 Å². The minimum atomic E-state index is -0.323. The molecule has 1 amide bonds. The number of nitrogens with two attached hydrogens (primary N) is 1. The van der Waals surface area contributed by atoms with Gasteiger partial charge in [0.25, 0.3) is 5.91 Å². The Morgan fingerprint density at radius 1 is 1.19 bits per heavy atom. The van der Waals surface area contributed by atoms with Crippen LogP contribution in [0.4, 0.5) is 0 Å². The first kappa shape index (κ1) is 22.1. The first-order valence-corrected chi connectivity index (χ1v) is 10.7. The van der Waals surface area contributed by atoms with Gasteiger partial charge < -0.3 is 16.2 Å². The molecule has 4 rings (SSSR count). The lowest BCUT2D eigenvalue weighted by Crippen LogP contribution is -2.25. The highest BCUT2D eigenvalue weighted by Gasteiger charge is 2.20. The maximum absolute atomic E-state index is 12.7. The number of carbonyl (C=O) groups is 1. The van der Waals surface area contributed by atoms with Gasteiger partial charge in [-0.05, 0) is 49.2 Å². The summed E-state index contributed by atoms with van der Waals surface area (Å²) in [7, 11) is 0. The molecule has 0 aliphatic heterocycles. The highest BCUT2D eigenvalue weighted by atomic mass is 35.5. The number of benzene rings is 2. The van der Waals surface area contributed by atoms with Gasteiger partial charge in [0.2, 0.25) is 5.78 Å². The molecule has 0 saturated heterocycles. The predicted octanol–water partition coefficient (Wildman–Crippen LogP) is 4.15. The van der Waals surface area contributed by atoms with Gasteiger partial charge in [-0.2, -0.15) is 0 Å². The van der Waals surface area contributed by atoms with Gasteiger partial charge in [0.05, 0.1) is 10.7 Å². The average molecular weight is 470 g/mol. The van der Waals surface area contributed by atoms with Crippen molar-refractivity contribution in [3.8, 4) is 17.0 Å². The first-order chi connectivity index (χ1) is 15.4. The number of aromatic hydroxyl groups is 1. The molecular formula is C23H21Cl2N5O2. The van der Waals surface area contributed by atoms with E-state index in [1.807, 2.05) is 19.1 Å². The second-order valence-corrected chi connectivity index (χ2v) is 8.17. The van der Waals surface area contributed by atoms with Crippen molar-refractivity contribution in [1.82, 2.24) is 19.7 Å². The molecule has 0 radical (unpaired) electrons. The maximum atomic E-state index is 12.7. The number of halogens is 2. The van der Waals surface area contributed by atoms with Crippen LogP contribution in [-0.2, 0) is 13.0 Å². The van der Waals surface area contributed by atoms with Crippen molar-refractivity contribution >= 4 is 34.9 Å². The molecule has 0 fully saturated rings. The molecule has 0 aliphatic carbocycles. The summed E-state index contributed by atoms with van der Waals surface area (Å²) in [6.07, 6.45) is 2.21. The molecule has 0 saturated carbocycles. The van der Waals surface area contributed by atoms with Crippen LogP contribution in [0.2, 0.25) is 10.0 Å². The summed E-state index contributed by atoms with van der Waals surface area (Å²) >= 11 is 12.5. The Bertz CT molecular complexity index is 1320. The van der Waals surface area contributed by atoms with E-state index in [1.165, 1.54) is 0 Å². The molecule has 0 bridgehead atoms. The third-order valence-corrected chi connectivity index (χ3v) is 5.70. The van der Waals surface area contributed by atoms with E-state index in [-0.39, 0.29) is 23.9 Å². The fourth-order valence-corrected chi connectivity index (χ4v) is 4.10. The van der Waals surface area contributed by atoms with Gasteiger partial charge in [-0.15, -0.1) is 0 Å². The molecule has 7 nitrogen and oxygen atoms in total. The highest BCUT2D eigenvalue weighted by molar-refractivity contribution is 6.36. The van der Waals surface area contributed by atoms with E-state index >= 15 is 0 Å². The van der Waals surface area contributed by atoms with Gasteiger partial charge in [-0.3, -0.25) is 9.20 Å². The molecule has 4 aromatic rings. The highest BCUT2D eigenvalue weighted by Crippen LogP contribution is 2.34. The molecule has 2 heterocycles. The Hall–Kier alpha value is -3.13. The molecule has 9 heteroatoms. The van der Waals surface area contributed by atoms with E-state index < -0.39 is 0 Å². The monoisotopic (exact) mass is 469 g/mol. The van der Waals surface area contributed by atoms with Gasteiger partial charge in [0, 0.05) is 41.1 Å². The molecule has 0 spiro atoms. The van der Waals surface area contributed by atoms with Crippen LogP contribution in [0.1, 0.15) is 27.3 Å². The lowest BCUT2D eigenvalue weighted by molar-refractivity contribution is 0.0949. The third kappa shape index (κ3) is 4.41. The molecule has 164 valence electrons. The number of hydrogen-bond donors (Lipinski definition) is 3. The molecule has 2 aromatic heterocycles. The number of carbonyl (C=O) groups excluding carboxylic acids is 1. The van der Waals surface area contributed by atoms with E-state index in [2.05, 4.69) is 15.3 Å². The minimum Gasteiger partial charge on any atom is -0.508 e. The van der Waals surface area contributed by atoms with Gasteiger partial charge in [-0.1, -0.05) is 35.3 Å². The van der Waals surface area contributed by atoms with E-state index in [0.29, 0.717) is 34.5 Å². The summed E-state index contributed by atoms with van der Waals surface area (Å²) in [5.74, 6) is 0.245. The number of aromatic nitrogens is 3. The summed E-state index contributed by atoms with van der Waals surface area (Å²) < 4.78 is 1.73. The fraction of sp³-hybridized carbons (Fsp3) is 0.174. The normalized spacial score (nSPS) is 11.1. The average Bonchev–Trinajstić information content (AvgIpc) is 3.17. The van der Waals surface area contributed by atoms with Crippen LogP contribution < -0.4 is 11.1 Å². The largest absolute Gasteiger partial charge is 0.508 e. The summed E-state index contributed by atoms with van der Waals surface area (Å²) in [5.41, 5.74) is 10.1. The lowest BCUT2D eigenvalue weighted by atomic mass is 10.0. The first-order valence-electron chi connectivity index (χ1n) is 9.97. The number of nitrogens with zero attached hydrogens (tertiary/aromatic N) is 3. The molecular weight excluding hydrogens is 449 g/mol. The minimum absolute atomic E-state index is 0.194. The van der Waals surface area contributed by atoms with Crippen molar-refractivity contribution in [1.29, 1.82) is 0 Å². The van der Waals surface area contributed by atoms with Crippen LogP contribution >= 0.6 is 23.2 Å². The Balaban J connectivity index is 1.66. The van der Waals surface area contributed by atoms with Crippen molar-refractivity contribution in [2.75, 3.05) is 6.54 Å². The summed E-state index contributed by atoms with van der Waals surface area (Å²) in [4.78, 5) is 21.7. The van der Waals surface area contributed by atoms with Crippen LogP contribution in [0.25, 0.3) is 17.0 Å². The molecule has 32 heavy (non-hydrogen) atoms. The van der Waals surface area contributed by atoms with Gasteiger partial charge >= 0.3 is 0 Å². The summed E-state index contributed by atoms with van der Waals surface area (Å²) in [5, 5.41) is 13.4. The number of nitrogens with one attached hydrogen (secondary N) is 1. The Kier molecular flexibility index (Phi) is 6.32. The van der Waals surface area contributed by atoms with Gasteiger partial charge in [0.1, 0.15) is 11.4 Å². The number of rotatable bonds is 6. The van der Waals surface area contributed by atoms with Crippen molar-refractivity contribution in [3.05, 3.63) is 81.2 Å². The number of phenolic OH excluding ortho intramolecular Hbond substituents is 1. The fourth-order valence-electron chi connectivity index (χ4n) is 3.60. The Morgan fingerprint density at radius 3 is 2.72 bits per heavy atom. The van der Waals surface area contributed by atoms with Crippen LogP contribution in [0, 0.1) is 6.92 Å². The van der Waals surface area contributed by atoms with Crippen molar-refractivity contribution in [3.63, 3.8) is 0 Å². The Labute approximate surface area is 194 Å². The zero-order valence-corrected chi connectivity index (χ0v) is 18.8. The van der Waals surface area contributed by atoms with Crippen LogP contribution in [-0.4, -0.2) is 31.9 Å². The lowest BCUT2D eigenvalue weighted by Gasteiger charge is -2.14. The number of phenols is 1. The summed E-state index contributed by atoms with van der Waals surface area (Å²) in [6.45, 7) is 2.48. The molecule has 0 unspecified atom stereocenters. The Morgan fingerprint density at radius 2 is 2.00 bits per heavy atom. The van der Waals surface area contributed by atoms with Crippen molar-refractivity contribution < 1.29 is 9.90 Å². The van der Waals surface area contributed by atoms with Crippen LogP contribution in [0.5, 0.6) is 5.75 Å². The van der Waals surface area contributed by atoms with Gasteiger partial charge in [0.15, 0.2) is 0 Å². The number of hydrogen-bond acceptors (Lipinski definition) is 5. The molecule has 0 atom stereocenters. The van der Waals surface area contributed by atoms with Crippen molar-refractivity contribution in [2.24, 2.45) is 5.73 Å². The van der Waals surface area contributed by atoms with E-state index in [4.69, 9.17) is 28.9 Å². The van der Waals surface area contributed by atoms with Gasteiger partial charge in [-0.25, -0.2) is 9.97 Å². The number of imidazole rings is 1. The van der Waals surface area contributed by atoms with E-state index in [9.17, 15) is 9.90 Å². The predicted molar refractivity (Wildman–Crippen MR) is 125 cm³/mol. The number of fused-ring (bicyclic) bond motifs is 1. The summed E-state index contributed by atoms with van der Waals surface area (Å²) in [6, 6.07) is 12.1. The quantitative estimate of drug-likeness (QED) is 0.393.